The first kappa shape index (κ1) is 20.6. The maximum Gasteiger partial charge on any atom is 0.161 e. The Morgan fingerprint density at radius 3 is 2.41 bits per heavy atom. The Morgan fingerprint density at radius 1 is 0.897 bits per heavy atom. The zero-order chi connectivity index (χ0) is 20.5. The predicted octanol–water partition coefficient (Wildman–Crippen LogP) is 5.06. The van der Waals surface area contributed by atoms with Gasteiger partial charge in [-0.1, -0.05) is 41.9 Å². The Bertz CT molecular complexity index is 959. The van der Waals surface area contributed by atoms with Crippen LogP contribution in [0.3, 0.4) is 0 Å². The lowest BCUT2D eigenvalue weighted by Gasteiger charge is -2.11. The summed E-state index contributed by atoms with van der Waals surface area (Å²) in [7, 11) is 3.27. The van der Waals surface area contributed by atoms with E-state index in [2.05, 4.69) is 10.5 Å². The largest absolute Gasteiger partial charge is 0.496 e. The molecule has 0 bridgehead atoms. The van der Waals surface area contributed by atoms with Gasteiger partial charge in [-0.2, -0.15) is 5.10 Å². The molecule has 0 aliphatic carbocycles. The van der Waals surface area contributed by atoms with Gasteiger partial charge in [-0.25, -0.2) is 0 Å². The molecule has 3 aromatic carbocycles. The first-order valence-electron chi connectivity index (χ1n) is 9.12. The van der Waals surface area contributed by atoms with Crippen molar-refractivity contribution in [1.82, 2.24) is 5.43 Å². The van der Waals surface area contributed by atoms with Crippen molar-refractivity contribution in [2.75, 3.05) is 14.2 Å². The summed E-state index contributed by atoms with van der Waals surface area (Å²) in [5.74, 6) is 2.15. The van der Waals surface area contributed by atoms with E-state index >= 15 is 0 Å². The fourth-order valence-electron chi connectivity index (χ4n) is 2.73. The summed E-state index contributed by atoms with van der Waals surface area (Å²) in [6.45, 7) is 1.00. The third-order valence-electron chi connectivity index (χ3n) is 4.26. The molecule has 0 saturated heterocycles. The molecule has 0 aromatic heterocycles. The number of hydrazone groups is 1. The number of nitrogens with zero attached hydrogens (tertiary/aromatic N) is 1. The molecule has 3 aromatic rings. The molecule has 0 amide bonds. The van der Waals surface area contributed by atoms with Crippen molar-refractivity contribution in [2.45, 2.75) is 13.2 Å². The summed E-state index contributed by atoms with van der Waals surface area (Å²) in [5.41, 5.74) is 6.00. The summed E-state index contributed by atoms with van der Waals surface area (Å²) in [6, 6.07) is 21.1. The standard InChI is InChI=1S/C23H23ClN2O3/c1-27-21-6-4-3-5-19(21)15-26-25-14-18-9-12-22(23(13-18)28-2)29-16-17-7-10-20(24)11-8-17/h3-14,26H,15-16H2,1-2H3/b25-14+. The number of hydrogen-bond donors (Lipinski definition) is 1. The van der Waals surface area contributed by atoms with Gasteiger partial charge in [0.05, 0.1) is 27.0 Å². The highest BCUT2D eigenvalue weighted by Gasteiger charge is 2.06. The minimum atomic E-state index is 0.432. The van der Waals surface area contributed by atoms with Crippen LogP contribution in [-0.2, 0) is 13.2 Å². The third-order valence-corrected chi connectivity index (χ3v) is 4.51. The Balaban J connectivity index is 1.59. The summed E-state index contributed by atoms with van der Waals surface area (Å²) in [6.07, 6.45) is 1.74. The van der Waals surface area contributed by atoms with Crippen molar-refractivity contribution in [3.8, 4) is 17.2 Å². The summed E-state index contributed by atoms with van der Waals surface area (Å²) in [5, 5.41) is 4.98. The van der Waals surface area contributed by atoms with Gasteiger partial charge in [0.15, 0.2) is 11.5 Å². The van der Waals surface area contributed by atoms with E-state index in [0.717, 1.165) is 22.4 Å². The molecule has 0 aliphatic heterocycles. The predicted molar refractivity (Wildman–Crippen MR) is 116 cm³/mol. The Hall–Kier alpha value is -3.18. The van der Waals surface area contributed by atoms with Gasteiger partial charge in [-0.15, -0.1) is 0 Å². The zero-order valence-corrected chi connectivity index (χ0v) is 17.1. The minimum absolute atomic E-state index is 0.432. The van der Waals surface area contributed by atoms with Crippen LogP contribution in [0.5, 0.6) is 17.2 Å². The van der Waals surface area contributed by atoms with Crippen molar-refractivity contribution >= 4 is 17.8 Å². The Morgan fingerprint density at radius 2 is 1.66 bits per heavy atom. The van der Waals surface area contributed by atoms with Crippen LogP contribution in [-0.4, -0.2) is 20.4 Å². The van der Waals surface area contributed by atoms with Gasteiger partial charge in [-0.05, 0) is 47.5 Å². The van der Waals surface area contributed by atoms with Crippen molar-refractivity contribution in [3.63, 3.8) is 0 Å². The molecule has 0 saturated carbocycles. The van der Waals surface area contributed by atoms with Crippen LogP contribution < -0.4 is 19.6 Å². The highest BCUT2D eigenvalue weighted by Crippen LogP contribution is 2.28. The number of nitrogens with one attached hydrogen (secondary N) is 1. The number of benzene rings is 3. The molecule has 0 heterocycles. The Kier molecular flexibility index (Phi) is 7.36. The van der Waals surface area contributed by atoms with E-state index in [1.165, 1.54) is 0 Å². The van der Waals surface area contributed by atoms with Crippen LogP contribution in [0, 0.1) is 0 Å². The smallest absolute Gasteiger partial charge is 0.161 e. The van der Waals surface area contributed by atoms with Gasteiger partial charge in [0, 0.05) is 10.6 Å². The number of para-hydroxylation sites is 1. The van der Waals surface area contributed by atoms with Crippen molar-refractivity contribution in [1.29, 1.82) is 0 Å². The average Bonchev–Trinajstić information content (AvgIpc) is 2.77. The summed E-state index contributed by atoms with van der Waals surface area (Å²) in [4.78, 5) is 0. The van der Waals surface area contributed by atoms with E-state index in [1.54, 1.807) is 20.4 Å². The second-order valence-electron chi connectivity index (χ2n) is 6.23. The third kappa shape index (κ3) is 5.90. The minimum Gasteiger partial charge on any atom is -0.496 e. The second-order valence-corrected chi connectivity index (χ2v) is 6.67. The number of methoxy groups -OCH3 is 2. The van der Waals surface area contributed by atoms with E-state index in [0.29, 0.717) is 29.7 Å². The normalized spacial score (nSPS) is 10.7. The second kappa shape index (κ2) is 10.4. The molecule has 0 spiro atoms. The van der Waals surface area contributed by atoms with E-state index in [1.807, 2.05) is 66.7 Å². The maximum absolute atomic E-state index is 5.91. The molecule has 150 valence electrons. The fraction of sp³-hybridized carbons (Fsp3) is 0.174. The lowest BCUT2D eigenvalue weighted by atomic mass is 10.2. The number of halogens is 1. The van der Waals surface area contributed by atoms with Gasteiger partial charge in [0.25, 0.3) is 0 Å². The summed E-state index contributed by atoms with van der Waals surface area (Å²) < 4.78 is 16.7. The van der Waals surface area contributed by atoms with Crippen LogP contribution in [0.4, 0.5) is 0 Å². The first-order chi connectivity index (χ1) is 14.2. The SMILES string of the molecule is COc1ccccc1CN/N=C/c1ccc(OCc2ccc(Cl)cc2)c(OC)c1. The average molecular weight is 411 g/mol. The topological polar surface area (TPSA) is 52.1 Å². The molecular weight excluding hydrogens is 388 g/mol. The molecule has 1 N–H and O–H groups in total. The van der Waals surface area contributed by atoms with E-state index in [4.69, 9.17) is 25.8 Å². The number of hydrogen-bond acceptors (Lipinski definition) is 5. The van der Waals surface area contributed by atoms with Crippen LogP contribution in [0.1, 0.15) is 16.7 Å². The van der Waals surface area contributed by atoms with E-state index in [9.17, 15) is 0 Å². The van der Waals surface area contributed by atoms with Gasteiger partial charge >= 0.3 is 0 Å². The molecular formula is C23H23ClN2O3. The molecule has 0 aliphatic rings. The molecule has 3 rings (SSSR count). The quantitative estimate of drug-likeness (QED) is 0.395. The fourth-order valence-corrected chi connectivity index (χ4v) is 2.85. The van der Waals surface area contributed by atoms with Gasteiger partial charge in [0.1, 0.15) is 12.4 Å². The van der Waals surface area contributed by atoms with Crippen LogP contribution in [0.2, 0.25) is 5.02 Å². The van der Waals surface area contributed by atoms with Crippen LogP contribution in [0.15, 0.2) is 71.8 Å². The highest BCUT2D eigenvalue weighted by atomic mass is 35.5. The van der Waals surface area contributed by atoms with Crippen molar-refractivity contribution < 1.29 is 14.2 Å². The van der Waals surface area contributed by atoms with E-state index in [-0.39, 0.29) is 0 Å². The molecule has 5 nitrogen and oxygen atoms in total. The van der Waals surface area contributed by atoms with Gasteiger partial charge < -0.3 is 19.6 Å². The van der Waals surface area contributed by atoms with Gasteiger partial charge in [0.2, 0.25) is 0 Å². The lowest BCUT2D eigenvalue weighted by Crippen LogP contribution is -2.07. The lowest BCUT2D eigenvalue weighted by molar-refractivity contribution is 0.284. The molecule has 0 atom stereocenters. The molecule has 0 unspecified atom stereocenters. The molecule has 6 heteroatoms. The van der Waals surface area contributed by atoms with Crippen molar-refractivity contribution in [3.05, 3.63) is 88.4 Å². The van der Waals surface area contributed by atoms with Crippen LogP contribution >= 0.6 is 11.6 Å². The molecule has 0 radical (unpaired) electrons. The number of rotatable bonds is 9. The van der Waals surface area contributed by atoms with Crippen molar-refractivity contribution in [2.24, 2.45) is 5.10 Å². The highest BCUT2D eigenvalue weighted by molar-refractivity contribution is 6.30. The molecule has 0 fully saturated rings. The molecule has 29 heavy (non-hydrogen) atoms. The summed E-state index contributed by atoms with van der Waals surface area (Å²) >= 11 is 5.91. The van der Waals surface area contributed by atoms with E-state index < -0.39 is 0 Å². The monoisotopic (exact) mass is 410 g/mol. The van der Waals surface area contributed by atoms with Crippen LogP contribution in [0.25, 0.3) is 0 Å². The van der Waals surface area contributed by atoms with Gasteiger partial charge in [-0.3, -0.25) is 0 Å². The first-order valence-corrected chi connectivity index (χ1v) is 9.50. The number of ether oxygens (including phenoxy) is 3. The zero-order valence-electron chi connectivity index (χ0n) is 16.4. The maximum atomic E-state index is 5.91. The Labute approximate surface area is 175 Å².